The van der Waals surface area contributed by atoms with Gasteiger partial charge in [-0.3, -0.25) is 14.4 Å². The maximum absolute atomic E-state index is 13.6. The Morgan fingerprint density at radius 2 is 1.56 bits per heavy atom. The van der Waals surface area contributed by atoms with E-state index in [9.17, 15) is 19.5 Å². The van der Waals surface area contributed by atoms with Crippen LogP contribution in [-0.4, -0.2) is 47.6 Å². The monoisotopic (exact) mass is 531 g/mol. The standard InChI is InChI=1S/C32H41N3O4/c1-4-6-18-33-29(37)21-28(36)27(19-23-12-8-7-9-13-23)34-32(39)30(22(3)5-2)35-31(38)26-17-16-24-14-10-11-15-25(24)20-26/h7-17,20,22,27-28,30,36H,4-6,18-19,21H2,1-3H3,(H,33,37)(H,34,39)(H,35,38)/t22?,27?,28?,30-/m0/s1. The number of carbonyl (C=O) groups excluding carboxylic acids is 3. The van der Waals surface area contributed by atoms with Crippen LogP contribution in [-0.2, 0) is 16.0 Å². The topological polar surface area (TPSA) is 108 Å². The molecule has 208 valence electrons. The van der Waals surface area contributed by atoms with Gasteiger partial charge < -0.3 is 21.1 Å². The second-order valence-corrected chi connectivity index (χ2v) is 10.2. The van der Waals surface area contributed by atoms with Crippen LogP contribution in [0, 0.1) is 5.92 Å². The Kier molecular flexibility index (Phi) is 11.5. The Bertz CT molecular complexity index is 1230. The summed E-state index contributed by atoms with van der Waals surface area (Å²) < 4.78 is 0. The molecule has 3 aromatic rings. The number of aliphatic hydroxyl groups is 1. The molecule has 7 nitrogen and oxygen atoms in total. The lowest BCUT2D eigenvalue weighted by molar-refractivity contribution is -0.128. The lowest BCUT2D eigenvalue weighted by Gasteiger charge is -2.29. The zero-order chi connectivity index (χ0) is 28.2. The minimum absolute atomic E-state index is 0.126. The molecular weight excluding hydrogens is 490 g/mol. The summed E-state index contributed by atoms with van der Waals surface area (Å²) in [7, 11) is 0. The molecule has 7 heteroatoms. The van der Waals surface area contributed by atoms with Gasteiger partial charge in [0.2, 0.25) is 11.8 Å². The molecule has 4 N–H and O–H groups in total. The van der Waals surface area contributed by atoms with Crippen molar-refractivity contribution in [2.45, 2.75) is 71.1 Å². The first-order valence-electron chi connectivity index (χ1n) is 13.9. The SMILES string of the molecule is CCCCNC(=O)CC(O)C(Cc1ccccc1)NC(=O)[C@@H](NC(=O)c1ccc2ccccc2c1)C(C)CC. The van der Waals surface area contributed by atoms with Crippen LogP contribution in [0.15, 0.2) is 72.8 Å². The van der Waals surface area contributed by atoms with Gasteiger partial charge >= 0.3 is 0 Å². The van der Waals surface area contributed by atoms with E-state index < -0.39 is 18.2 Å². The highest BCUT2D eigenvalue weighted by molar-refractivity contribution is 6.00. The minimum atomic E-state index is -1.09. The van der Waals surface area contributed by atoms with Crippen LogP contribution in [0.3, 0.4) is 0 Å². The van der Waals surface area contributed by atoms with Gasteiger partial charge in [-0.25, -0.2) is 0 Å². The third-order valence-electron chi connectivity index (χ3n) is 7.13. The normalized spacial score (nSPS) is 14.2. The van der Waals surface area contributed by atoms with Gasteiger partial charge in [0.05, 0.1) is 18.6 Å². The van der Waals surface area contributed by atoms with Crippen LogP contribution in [0.25, 0.3) is 10.8 Å². The summed E-state index contributed by atoms with van der Waals surface area (Å²) in [5.41, 5.74) is 1.40. The molecule has 0 aromatic heterocycles. The van der Waals surface area contributed by atoms with Crippen molar-refractivity contribution in [2.24, 2.45) is 5.92 Å². The number of unbranched alkanes of at least 4 members (excludes halogenated alkanes) is 1. The lowest BCUT2D eigenvalue weighted by atomic mass is 9.95. The van der Waals surface area contributed by atoms with E-state index in [0.717, 1.165) is 29.2 Å². The molecule has 0 aliphatic rings. The van der Waals surface area contributed by atoms with Gasteiger partial charge in [-0.05, 0) is 47.2 Å². The summed E-state index contributed by atoms with van der Waals surface area (Å²) in [5, 5.41) is 21.7. The summed E-state index contributed by atoms with van der Waals surface area (Å²) in [6.45, 7) is 6.46. The van der Waals surface area contributed by atoms with Crippen LogP contribution in [0.4, 0.5) is 0 Å². The predicted molar refractivity (Wildman–Crippen MR) is 155 cm³/mol. The number of amides is 3. The van der Waals surface area contributed by atoms with Crippen LogP contribution >= 0.6 is 0 Å². The van der Waals surface area contributed by atoms with E-state index in [0.29, 0.717) is 24.9 Å². The molecule has 39 heavy (non-hydrogen) atoms. The molecule has 0 aliphatic carbocycles. The Morgan fingerprint density at radius 1 is 0.872 bits per heavy atom. The van der Waals surface area contributed by atoms with Gasteiger partial charge in [-0.2, -0.15) is 0 Å². The average molecular weight is 532 g/mol. The summed E-state index contributed by atoms with van der Waals surface area (Å²) in [6, 6.07) is 21.2. The Balaban J connectivity index is 1.76. The molecule has 0 aliphatic heterocycles. The number of nitrogens with one attached hydrogen (secondary N) is 3. The molecule has 3 aromatic carbocycles. The van der Waals surface area contributed by atoms with E-state index in [1.54, 1.807) is 6.07 Å². The third kappa shape index (κ3) is 8.93. The Hall–Kier alpha value is -3.71. The Morgan fingerprint density at radius 3 is 2.26 bits per heavy atom. The highest BCUT2D eigenvalue weighted by atomic mass is 16.3. The molecule has 0 spiro atoms. The molecule has 0 bridgehead atoms. The van der Waals surface area contributed by atoms with Gasteiger partial charge in [0, 0.05) is 12.1 Å². The van der Waals surface area contributed by atoms with E-state index in [2.05, 4.69) is 16.0 Å². The molecular formula is C32H41N3O4. The number of carbonyl (C=O) groups is 3. The maximum atomic E-state index is 13.6. The molecule has 3 amide bonds. The van der Waals surface area contributed by atoms with Crippen molar-refractivity contribution >= 4 is 28.5 Å². The summed E-state index contributed by atoms with van der Waals surface area (Å²) in [6.07, 6.45) is 1.61. The fourth-order valence-electron chi connectivity index (χ4n) is 4.49. The van der Waals surface area contributed by atoms with E-state index >= 15 is 0 Å². The van der Waals surface area contributed by atoms with Crippen LogP contribution in [0.5, 0.6) is 0 Å². The zero-order valence-electron chi connectivity index (χ0n) is 23.2. The summed E-state index contributed by atoms with van der Waals surface area (Å²) >= 11 is 0. The van der Waals surface area contributed by atoms with Crippen LogP contribution in [0.2, 0.25) is 0 Å². The quantitative estimate of drug-likeness (QED) is 0.232. The third-order valence-corrected chi connectivity index (χ3v) is 7.13. The number of hydrogen-bond acceptors (Lipinski definition) is 4. The van der Waals surface area contributed by atoms with Gasteiger partial charge in [0.15, 0.2) is 0 Å². The molecule has 0 saturated carbocycles. The van der Waals surface area contributed by atoms with Crippen molar-refractivity contribution in [2.75, 3.05) is 6.54 Å². The molecule has 3 unspecified atom stereocenters. The van der Waals surface area contributed by atoms with Crippen LogP contribution in [0.1, 0.15) is 62.4 Å². The largest absolute Gasteiger partial charge is 0.390 e. The Labute approximate surface area is 231 Å². The first kappa shape index (κ1) is 29.8. The van der Waals surface area contributed by atoms with Crippen molar-refractivity contribution in [3.63, 3.8) is 0 Å². The number of rotatable bonds is 14. The smallest absolute Gasteiger partial charge is 0.251 e. The number of fused-ring (bicyclic) bond motifs is 1. The average Bonchev–Trinajstić information content (AvgIpc) is 2.95. The van der Waals surface area contributed by atoms with Gasteiger partial charge in [0.25, 0.3) is 5.91 Å². The molecule has 0 radical (unpaired) electrons. The van der Waals surface area contributed by atoms with Gasteiger partial charge in [-0.15, -0.1) is 0 Å². The van der Waals surface area contributed by atoms with Crippen molar-refractivity contribution < 1.29 is 19.5 Å². The second kappa shape index (κ2) is 15.0. The first-order chi connectivity index (χ1) is 18.8. The molecule has 0 fully saturated rings. The van der Waals surface area contributed by atoms with E-state index in [4.69, 9.17) is 0 Å². The molecule has 0 heterocycles. The molecule has 3 rings (SSSR count). The fraction of sp³-hybridized carbons (Fsp3) is 0.406. The van der Waals surface area contributed by atoms with E-state index in [1.165, 1.54) is 0 Å². The fourth-order valence-corrected chi connectivity index (χ4v) is 4.49. The van der Waals surface area contributed by atoms with E-state index in [1.807, 2.05) is 87.5 Å². The summed E-state index contributed by atoms with van der Waals surface area (Å²) in [4.78, 5) is 39.2. The highest BCUT2D eigenvalue weighted by Crippen LogP contribution is 2.17. The highest BCUT2D eigenvalue weighted by Gasteiger charge is 2.31. The summed E-state index contributed by atoms with van der Waals surface area (Å²) in [5.74, 6) is -1.13. The zero-order valence-corrected chi connectivity index (χ0v) is 23.2. The van der Waals surface area contributed by atoms with Gasteiger partial charge in [0.1, 0.15) is 6.04 Å². The van der Waals surface area contributed by atoms with Crippen molar-refractivity contribution in [1.82, 2.24) is 16.0 Å². The number of aliphatic hydroxyl groups excluding tert-OH is 1. The van der Waals surface area contributed by atoms with Crippen molar-refractivity contribution in [1.29, 1.82) is 0 Å². The predicted octanol–water partition coefficient (Wildman–Crippen LogP) is 4.38. The number of hydrogen-bond donors (Lipinski definition) is 4. The molecule has 4 atom stereocenters. The first-order valence-corrected chi connectivity index (χ1v) is 13.9. The maximum Gasteiger partial charge on any atom is 0.251 e. The van der Waals surface area contributed by atoms with Crippen molar-refractivity contribution in [3.8, 4) is 0 Å². The van der Waals surface area contributed by atoms with Gasteiger partial charge in [-0.1, -0.05) is 94.3 Å². The number of benzene rings is 3. The molecule has 0 saturated heterocycles. The minimum Gasteiger partial charge on any atom is -0.390 e. The van der Waals surface area contributed by atoms with E-state index in [-0.39, 0.29) is 30.1 Å². The van der Waals surface area contributed by atoms with Crippen LogP contribution < -0.4 is 16.0 Å². The lowest BCUT2D eigenvalue weighted by Crippen LogP contribution is -2.55. The van der Waals surface area contributed by atoms with Crippen molar-refractivity contribution in [3.05, 3.63) is 83.9 Å². The second-order valence-electron chi connectivity index (χ2n) is 10.2.